The number of hydrogen-bond acceptors (Lipinski definition) is 27. The van der Waals surface area contributed by atoms with Crippen LogP contribution in [0.4, 0.5) is 61.5 Å². The van der Waals surface area contributed by atoms with E-state index in [1.807, 2.05) is 0 Å². The molecule has 0 spiro atoms. The third kappa shape index (κ3) is 47.9. The molecule has 1 aromatic rings. The first-order valence-corrected chi connectivity index (χ1v) is 25.3. The molecule has 0 aromatic heterocycles. The topological polar surface area (TPSA) is 647 Å². The van der Waals surface area contributed by atoms with Gasteiger partial charge in [-0.2, -0.15) is 69.5 Å². The van der Waals surface area contributed by atoms with Crippen molar-refractivity contribution in [2.45, 2.75) is 66.8 Å². The lowest BCUT2D eigenvalue weighted by Crippen LogP contribution is -2.65. The number of hydrogen-bond donors (Lipinski definition) is 12. The van der Waals surface area contributed by atoms with Gasteiger partial charge in [0.25, 0.3) is 23.1 Å². The number of aliphatic hydroxyl groups is 1. The number of ether oxygens (including phenoxy) is 5. The molecule has 0 aliphatic heterocycles. The van der Waals surface area contributed by atoms with Gasteiger partial charge in [0.2, 0.25) is 0 Å². The summed E-state index contributed by atoms with van der Waals surface area (Å²) in [5, 5.41) is 75.8. The van der Waals surface area contributed by atoms with E-state index in [9.17, 15) is 131 Å². The SMILES string of the molecule is CCS(=O)(=O)O.O=C(O)CC(O)(CC(=O)O)C(=O)O.O=C(O)COCC(=O)O.O=C(O)COCCOCC(=O)O.O=COC(F)(F)C(F)(F)C(F)(F)C(F)(F)C(=O)O.O=COc1cccc(C(=O)O)c1.O=S(=O)(O)C(F)(F)C(F)(F)C(F)F.O=S(=O)=O.O=S(=O)=O. The van der Waals surface area contributed by atoms with Gasteiger partial charge in [-0.15, -0.1) is 25.3 Å². The first kappa shape index (κ1) is 98.5. The van der Waals surface area contributed by atoms with E-state index in [2.05, 4.69) is 23.7 Å². The highest BCUT2D eigenvalue weighted by Gasteiger charge is 2.85. The van der Waals surface area contributed by atoms with Gasteiger partial charge < -0.3 is 74.7 Å². The quantitative estimate of drug-likeness (QED) is 0.0199. The fourth-order valence-electron chi connectivity index (χ4n) is 3.08. The van der Waals surface area contributed by atoms with E-state index >= 15 is 0 Å². The summed E-state index contributed by atoms with van der Waals surface area (Å²) in [7, 11) is -16.5. The number of benzene rings is 1. The first-order valence-electron chi connectivity index (χ1n) is 20.3. The van der Waals surface area contributed by atoms with Crippen LogP contribution in [0.5, 0.6) is 5.75 Å². The van der Waals surface area contributed by atoms with Gasteiger partial charge in [-0.1, -0.05) is 6.07 Å². The summed E-state index contributed by atoms with van der Waals surface area (Å²) in [5.41, 5.74) is -2.65. The van der Waals surface area contributed by atoms with Crippen LogP contribution in [0.15, 0.2) is 24.3 Å². The summed E-state index contributed by atoms with van der Waals surface area (Å²) < 4.78 is 293. The van der Waals surface area contributed by atoms with E-state index in [0.717, 1.165) is 0 Å². The summed E-state index contributed by atoms with van der Waals surface area (Å²) in [6, 6.07) is 5.69. The average molecular weight is 1460 g/mol. The van der Waals surface area contributed by atoms with E-state index in [-0.39, 0.29) is 36.8 Å². The molecule has 12 N–H and O–H groups in total. The van der Waals surface area contributed by atoms with Crippen molar-refractivity contribution in [3.05, 3.63) is 29.8 Å². The minimum absolute atomic E-state index is 0.0829. The number of alkyl halides is 14. The van der Waals surface area contributed by atoms with Crippen LogP contribution < -0.4 is 4.74 Å². The van der Waals surface area contributed by atoms with E-state index in [0.29, 0.717) is 0 Å². The summed E-state index contributed by atoms with van der Waals surface area (Å²) in [6.07, 6.45) is -13.5. The molecule has 0 atom stereocenters. The molecule has 0 unspecified atom stereocenters. The number of carboxylic acid groups (broad SMARTS) is 9. The fraction of sp³-hybridized carbons (Fsp3) is 0.514. The van der Waals surface area contributed by atoms with E-state index in [1.165, 1.54) is 31.2 Å². The molecule has 0 saturated carbocycles. The van der Waals surface area contributed by atoms with Gasteiger partial charge in [0, 0.05) is 0 Å². The van der Waals surface area contributed by atoms with Crippen LogP contribution in [0.1, 0.15) is 30.1 Å². The van der Waals surface area contributed by atoms with E-state index < -0.39 is 188 Å². The molecule has 0 aliphatic rings. The third-order valence-electron chi connectivity index (χ3n) is 6.79. The van der Waals surface area contributed by atoms with Gasteiger partial charge in [-0.05, 0) is 25.1 Å². The number of aromatic carboxylic acids is 1. The van der Waals surface area contributed by atoms with Crippen molar-refractivity contribution in [1.82, 2.24) is 0 Å². The molecule has 0 radical (unpaired) electrons. The molecule has 1 aromatic carbocycles. The molecule has 530 valence electrons. The fourth-order valence-corrected chi connectivity index (χ4v) is 3.52. The average Bonchev–Trinajstić information content (AvgIpc) is 0.751. The Kier molecular flexibility index (Phi) is 49.3. The lowest BCUT2D eigenvalue weighted by molar-refractivity contribution is -0.409. The van der Waals surface area contributed by atoms with Crippen molar-refractivity contribution < 1.29 is 240 Å². The van der Waals surface area contributed by atoms with Crippen LogP contribution in [0.25, 0.3) is 0 Å². The standard InChI is InChI=1S/C8H6O4.C6H2F8O4.C6H8O7.C6H10O6.C4H6O5.C3H2F6O3S.C2H6O3S.2O3S/c9-5-12-7-3-1-2-6(4-7)8(10)11;7-3(8,2(16)17)4(9,10)5(11,12)6(13,14)18-1-15;7-3(8)1-6(13,5(11)12)2-4(9)10;7-5(8)3-11-1-2-12-4-6(9)10;5-3(6)1-9-2-4(7)8;4-1(5)2(6,7)3(8,9)13(10,11)12;1-2-6(3,4)5;2*1-4(2)3/h1-5H,(H,10,11);1H,(H,16,17);13H,1-2H2,(H,7,8)(H,9,10)(H,11,12);1-4H2,(H,7,8)(H,9,10);1-2H2,(H,5,6)(H,7,8);1H,(H,10,11,12);2H2,1H3,(H,3,4,5);;. The lowest BCUT2D eigenvalue weighted by Gasteiger charge is -2.33. The molecule has 0 fully saturated rings. The molecule has 0 saturated heterocycles. The second-order valence-electron chi connectivity index (χ2n) is 13.7. The molecule has 1 rings (SSSR count). The molecule has 38 nitrogen and oxygen atoms in total. The second kappa shape index (κ2) is 45.5. The summed E-state index contributed by atoms with van der Waals surface area (Å²) in [6.45, 7) is -1.51. The van der Waals surface area contributed by atoms with Crippen LogP contribution in [0.3, 0.4) is 0 Å². The molecular formula is C35H40F14O38S4. The van der Waals surface area contributed by atoms with Crippen LogP contribution in [-0.2, 0) is 108 Å². The monoisotopic (exact) mass is 1460 g/mol. The molecule has 0 heterocycles. The van der Waals surface area contributed by atoms with Crippen molar-refractivity contribution in [2.24, 2.45) is 0 Å². The molecule has 56 heteroatoms. The number of carbonyl (C=O) groups excluding carboxylic acids is 2. The van der Waals surface area contributed by atoms with Gasteiger partial charge in [-0.3, -0.25) is 28.3 Å². The Morgan fingerprint density at radius 1 is 0.549 bits per heavy atom. The van der Waals surface area contributed by atoms with Crippen molar-refractivity contribution >= 4 is 108 Å². The van der Waals surface area contributed by atoms with Crippen LogP contribution in [-0.4, -0.2) is 261 Å². The Labute approximate surface area is 495 Å². The maximum Gasteiger partial charge on any atom is 0.473 e. The Morgan fingerprint density at radius 3 is 1.10 bits per heavy atom. The number of halogens is 14. The lowest BCUT2D eigenvalue weighted by atomic mass is 9.96. The van der Waals surface area contributed by atoms with Gasteiger partial charge in [0.05, 0.1) is 37.4 Å². The minimum Gasteiger partial charge on any atom is -0.481 e. The molecule has 0 amide bonds. The van der Waals surface area contributed by atoms with Crippen LogP contribution in [0, 0.1) is 0 Å². The van der Waals surface area contributed by atoms with Crippen molar-refractivity contribution in [3.8, 4) is 5.75 Å². The van der Waals surface area contributed by atoms with Crippen LogP contribution >= 0.6 is 0 Å². The Morgan fingerprint density at radius 2 is 0.879 bits per heavy atom. The number of aliphatic carboxylic acids is 8. The second-order valence-corrected chi connectivity index (χ2v) is 17.7. The van der Waals surface area contributed by atoms with Crippen molar-refractivity contribution in [1.29, 1.82) is 0 Å². The van der Waals surface area contributed by atoms with Gasteiger partial charge >= 0.3 is 127 Å². The van der Waals surface area contributed by atoms with Crippen molar-refractivity contribution in [3.63, 3.8) is 0 Å². The van der Waals surface area contributed by atoms with E-state index in [4.69, 9.17) is 85.4 Å². The molecular weight excluding hydrogens is 1420 g/mol. The zero-order valence-electron chi connectivity index (χ0n) is 43.3. The largest absolute Gasteiger partial charge is 0.481 e. The predicted octanol–water partition coefficient (Wildman–Crippen LogP) is -0.971. The number of carbonyl (C=O) groups is 11. The van der Waals surface area contributed by atoms with Crippen LogP contribution in [0.2, 0.25) is 0 Å². The smallest absolute Gasteiger partial charge is 0.473 e. The minimum atomic E-state index is -7.00. The summed E-state index contributed by atoms with van der Waals surface area (Å²) in [4.78, 5) is 109. The van der Waals surface area contributed by atoms with Gasteiger partial charge in [-0.25, -0.2) is 42.3 Å². The highest BCUT2D eigenvalue weighted by molar-refractivity contribution is 7.87. The zero-order chi connectivity index (χ0) is 74.7. The van der Waals surface area contributed by atoms with E-state index in [1.54, 1.807) is 0 Å². The zero-order valence-corrected chi connectivity index (χ0v) is 46.6. The highest BCUT2D eigenvalue weighted by atomic mass is 32.2. The Bertz CT molecular complexity index is 2910. The predicted molar refractivity (Wildman–Crippen MR) is 244 cm³/mol. The maximum atomic E-state index is 12.5. The highest BCUT2D eigenvalue weighted by Crippen LogP contribution is 2.52. The Hall–Kier alpha value is -8.69. The Balaban J connectivity index is -0.000000146. The first-order chi connectivity index (χ1) is 40.5. The third-order valence-corrected chi connectivity index (χ3v) is 8.44. The molecule has 0 aliphatic carbocycles. The number of carboxylic acids is 9. The summed E-state index contributed by atoms with van der Waals surface area (Å²) in [5.74, 6) is -40.8. The summed E-state index contributed by atoms with van der Waals surface area (Å²) >= 11 is 0. The van der Waals surface area contributed by atoms with Gasteiger partial charge in [0.1, 0.15) is 32.2 Å². The van der Waals surface area contributed by atoms with Crippen molar-refractivity contribution in [2.75, 3.05) is 45.4 Å². The molecule has 91 heavy (non-hydrogen) atoms. The number of rotatable bonds is 29. The van der Waals surface area contributed by atoms with Gasteiger partial charge in [0.15, 0.2) is 5.60 Å². The maximum absolute atomic E-state index is 12.5. The molecule has 0 bridgehead atoms. The normalized spacial score (nSPS) is 11.2.